The molecule has 2 nitrogen and oxygen atoms in total. The van der Waals surface area contributed by atoms with Crippen LogP contribution in [0.2, 0.25) is 0 Å². The molecule has 1 heterocycles. The van der Waals surface area contributed by atoms with Crippen LogP contribution in [0.1, 0.15) is 6.42 Å². The fourth-order valence-electron chi connectivity index (χ4n) is 1.66. The number of nitrogens with one attached hydrogen (secondary N) is 1. The Morgan fingerprint density at radius 3 is 3.07 bits per heavy atom. The molecule has 0 amide bonds. The van der Waals surface area contributed by atoms with Gasteiger partial charge in [-0.15, -0.1) is 0 Å². The monoisotopic (exact) mass is 287 g/mol. The van der Waals surface area contributed by atoms with Crippen LogP contribution in [-0.2, 0) is 0 Å². The van der Waals surface area contributed by atoms with Gasteiger partial charge in [-0.2, -0.15) is 11.8 Å². The molecule has 1 atom stereocenters. The van der Waals surface area contributed by atoms with Crippen molar-refractivity contribution in [2.24, 2.45) is 0 Å². The number of thioether (sulfide) groups is 1. The number of benzene rings is 1. The molecule has 1 unspecified atom stereocenters. The minimum absolute atomic E-state index is 0.582. The topological polar surface area (TPSA) is 21.3 Å². The fraction of sp³-hybridized carbons (Fsp3) is 0.455. The summed E-state index contributed by atoms with van der Waals surface area (Å²) in [6.45, 7) is 0. The van der Waals surface area contributed by atoms with Crippen LogP contribution < -0.4 is 10.1 Å². The minimum Gasteiger partial charge on any atom is -0.495 e. The molecular formula is C11H14BrNOS. The van der Waals surface area contributed by atoms with E-state index in [1.165, 1.54) is 17.9 Å². The van der Waals surface area contributed by atoms with E-state index >= 15 is 0 Å². The normalized spacial score (nSPS) is 20.3. The molecule has 0 aliphatic carbocycles. The van der Waals surface area contributed by atoms with Crippen molar-refractivity contribution in [1.29, 1.82) is 0 Å². The summed E-state index contributed by atoms with van der Waals surface area (Å²) in [5.41, 5.74) is 1.08. The predicted molar refractivity (Wildman–Crippen MR) is 70.0 cm³/mol. The van der Waals surface area contributed by atoms with Gasteiger partial charge in [0, 0.05) is 16.3 Å². The van der Waals surface area contributed by atoms with Crippen molar-refractivity contribution in [2.45, 2.75) is 12.5 Å². The second-order valence-electron chi connectivity index (χ2n) is 3.55. The lowest BCUT2D eigenvalue weighted by molar-refractivity contribution is 0.416. The van der Waals surface area contributed by atoms with Crippen LogP contribution in [0, 0.1) is 0 Å². The van der Waals surface area contributed by atoms with Crippen LogP contribution in [0.4, 0.5) is 5.69 Å². The van der Waals surface area contributed by atoms with Gasteiger partial charge in [-0.1, -0.05) is 15.9 Å². The summed E-state index contributed by atoms with van der Waals surface area (Å²) in [4.78, 5) is 0. The molecule has 0 radical (unpaired) electrons. The lowest BCUT2D eigenvalue weighted by Gasteiger charge is -2.16. The number of anilines is 1. The summed E-state index contributed by atoms with van der Waals surface area (Å²) in [5, 5.41) is 3.53. The molecule has 0 aromatic heterocycles. The lowest BCUT2D eigenvalue weighted by Crippen LogP contribution is -2.18. The quantitative estimate of drug-likeness (QED) is 0.921. The van der Waals surface area contributed by atoms with Crippen molar-refractivity contribution in [3.8, 4) is 5.75 Å². The second kappa shape index (κ2) is 5.12. The van der Waals surface area contributed by atoms with Crippen LogP contribution in [-0.4, -0.2) is 24.7 Å². The Morgan fingerprint density at radius 1 is 1.53 bits per heavy atom. The number of ether oxygens (including phenoxy) is 1. The maximum absolute atomic E-state index is 5.32. The Balaban J connectivity index is 2.14. The van der Waals surface area contributed by atoms with Gasteiger partial charge in [-0.25, -0.2) is 0 Å². The molecule has 4 heteroatoms. The summed E-state index contributed by atoms with van der Waals surface area (Å²) >= 11 is 5.48. The molecule has 1 aliphatic rings. The van der Waals surface area contributed by atoms with Gasteiger partial charge >= 0.3 is 0 Å². The number of hydrogen-bond donors (Lipinski definition) is 1. The van der Waals surface area contributed by atoms with Crippen molar-refractivity contribution in [1.82, 2.24) is 0 Å². The van der Waals surface area contributed by atoms with Crippen LogP contribution >= 0.6 is 27.7 Å². The van der Waals surface area contributed by atoms with Crippen LogP contribution in [0.25, 0.3) is 0 Å². The molecule has 2 rings (SSSR count). The Hall–Kier alpha value is -0.350. The fourth-order valence-corrected chi connectivity index (χ4v) is 3.17. The van der Waals surface area contributed by atoms with Gasteiger partial charge in [0.1, 0.15) is 5.75 Å². The standard InChI is InChI=1S/C11H14BrNOS/c1-14-11-3-2-8(12)6-10(11)13-9-4-5-15-7-9/h2-3,6,9,13H,4-5,7H2,1H3. The molecule has 0 bridgehead atoms. The molecule has 0 spiro atoms. The molecule has 1 saturated heterocycles. The third kappa shape index (κ3) is 2.82. The Morgan fingerprint density at radius 2 is 2.40 bits per heavy atom. The third-order valence-corrected chi connectivity index (χ3v) is 4.11. The SMILES string of the molecule is COc1ccc(Br)cc1NC1CCSC1. The van der Waals surface area contributed by atoms with E-state index in [0.717, 1.165) is 15.9 Å². The van der Waals surface area contributed by atoms with Gasteiger partial charge in [0.25, 0.3) is 0 Å². The van der Waals surface area contributed by atoms with Crippen molar-refractivity contribution >= 4 is 33.4 Å². The van der Waals surface area contributed by atoms with Crippen molar-refractivity contribution in [3.63, 3.8) is 0 Å². The van der Waals surface area contributed by atoms with Gasteiger partial charge < -0.3 is 10.1 Å². The van der Waals surface area contributed by atoms with Crippen LogP contribution in [0.5, 0.6) is 5.75 Å². The molecule has 1 aromatic rings. The smallest absolute Gasteiger partial charge is 0.142 e. The van der Waals surface area contributed by atoms with Crippen molar-refractivity contribution < 1.29 is 4.74 Å². The van der Waals surface area contributed by atoms with Crippen molar-refractivity contribution in [2.75, 3.05) is 23.9 Å². The highest BCUT2D eigenvalue weighted by Crippen LogP contribution is 2.30. The number of halogens is 1. The van der Waals surface area contributed by atoms with E-state index in [0.29, 0.717) is 6.04 Å². The molecular weight excluding hydrogens is 274 g/mol. The van der Waals surface area contributed by atoms with Gasteiger partial charge in [-0.05, 0) is 30.4 Å². The second-order valence-corrected chi connectivity index (χ2v) is 5.61. The van der Waals surface area contributed by atoms with Crippen LogP contribution in [0.3, 0.4) is 0 Å². The maximum atomic E-state index is 5.32. The van der Waals surface area contributed by atoms with Gasteiger partial charge in [0.05, 0.1) is 12.8 Å². The van der Waals surface area contributed by atoms with Gasteiger partial charge in [0.15, 0.2) is 0 Å². The predicted octanol–water partition coefficient (Wildman–Crippen LogP) is 3.38. The van der Waals surface area contributed by atoms with E-state index in [1.807, 2.05) is 23.9 Å². The zero-order valence-electron chi connectivity index (χ0n) is 8.63. The molecule has 1 aromatic carbocycles. The number of methoxy groups -OCH3 is 1. The van der Waals surface area contributed by atoms with E-state index in [2.05, 4.69) is 27.3 Å². The zero-order chi connectivity index (χ0) is 10.7. The molecule has 82 valence electrons. The summed E-state index contributed by atoms with van der Waals surface area (Å²) in [7, 11) is 1.71. The summed E-state index contributed by atoms with van der Waals surface area (Å²) in [6.07, 6.45) is 1.24. The van der Waals surface area contributed by atoms with Crippen LogP contribution in [0.15, 0.2) is 22.7 Å². The van der Waals surface area contributed by atoms with Crippen molar-refractivity contribution in [3.05, 3.63) is 22.7 Å². The highest BCUT2D eigenvalue weighted by molar-refractivity contribution is 9.10. The van der Waals surface area contributed by atoms with E-state index in [9.17, 15) is 0 Å². The first-order chi connectivity index (χ1) is 7.29. The molecule has 15 heavy (non-hydrogen) atoms. The zero-order valence-corrected chi connectivity index (χ0v) is 11.0. The Kier molecular flexibility index (Phi) is 3.81. The maximum Gasteiger partial charge on any atom is 0.142 e. The summed E-state index contributed by atoms with van der Waals surface area (Å²) in [5.74, 6) is 3.36. The highest BCUT2D eigenvalue weighted by Gasteiger charge is 2.16. The number of hydrogen-bond acceptors (Lipinski definition) is 3. The summed E-state index contributed by atoms with van der Waals surface area (Å²) in [6, 6.07) is 6.63. The first-order valence-electron chi connectivity index (χ1n) is 4.97. The lowest BCUT2D eigenvalue weighted by atomic mass is 10.2. The van der Waals surface area contributed by atoms with Gasteiger partial charge in [0.2, 0.25) is 0 Å². The van der Waals surface area contributed by atoms with E-state index < -0.39 is 0 Å². The highest BCUT2D eigenvalue weighted by atomic mass is 79.9. The Labute approximate surface area is 103 Å². The van der Waals surface area contributed by atoms with Gasteiger partial charge in [-0.3, -0.25) is 0 Å². The minimum atomic E-state index is 0.582. The third-order valence-electron chi connectivity index (χ3n) is 2.45. The van der Waals surface area contributed by atoms with E-state index in [4.69, 9.17) is 4.74 Å². The number of rotatable bonds is 3. The Bertz CT molecular complexity index is 339. The largest absolute Gasteiger partial charge is 0.495 e. The van der Waals surface area contributed by atoms with E-state index in [-0.39, 0.29) is 0 Å². The average molecular weight is 288 g/mol. The molecule has 0 saturated carbocycles. The molecule has 1 N–H and O–H groups in total. The first-order valence-corrected chi connectivity index (χ1v) is 6.92. The van der Waals surface area contributed by atoms with E-state index in [1.54, 1.807) is 7.11 Å². The molecule has 1 aliphatic heterocycles. The molecule has 1 fully saturated rings. The first kappa shape index (κ1) is 11.1. The summed E-state index contributed by atoms with van der Waals surface area (Å²) < 4.78 is 6.40. The average Bonchev–Trinajstić information content (AvgIpc) is 2.71.